The molecule has 1 aliphatic carbocycles. The van der Waals surface area contributed by atoms with Crippen LogP contribution in [-0.2, 0) is 6.42 Å². The van der Waals surface area contributed by atoms with Gasteiger partial charge in [0.1, 0.15) is 0 Å². The zero-order valence-corrected chi connectivity index (χ0v) is 14.8. The number of nitrogens with zero attached hydrogens (tertiary/aromatic N) is 2. The van der Waals surface area contributed by atoms with E-state index >= 15 is 0 Å². The van der Waals surface area contributed by atoms with Gasteiger partial charge in [-0.2, -0.15) is 5.10 Å². The van der Waals surface area contributed by atoms with Crippen LogP contribution in [0.3, 0.4) is 0 Å². The Balaban J connectivity index is 1.69. The van der Waals surface area contributed by atoms with Gasteiger partial charge in [0, 0.05) is 23.7 Å². The Morgan fingerprint density at radius 3 is 2.50 bits per heavy atom. The van der Waals surface area contributed by atoms with Crippen LogP contribution in [0.4, 0.5) is 5.82 Å². The Morgan fingerprint density at radius 1 is 0.958 bits per heavy atom. The molecule has 1 saturated heterocycles. The van der Waals surface area contributed by atoms with Gasteiger partial charge in [-0.15, -0.1) is 0 Å². The number of benzene rings is 1. The first-order valence-electron chi connectivity index (χ1n) is 9.10. The van der Waals surface area contributed by atoms with Crippen molar-refractivity contribution in [3.63, 3.8) is 0 Å². The first-order chi connectivity index (χ1) is 11.8. The van der Waals surface area contributed by atoms with Crippen LogP contribution in [0.5, 0.6) is 0 Å². The van der Waals surface area contributed by atoms with E-state index in [1.807, 2.05) is 12.1 Å². The maximum Gasteiger partial charge on any atom is 0.154 e. The number of fused-ring (bicyclic) bond motifs is 1. The van der Waals surface area contributed by atoms with Gasteiger partial charge >= 0.3 is 0 Å². The maximum absolute atomic E-state index is 6.01. The number of allylic oxidation sites excluding steroid dienone is 1. The average Bonchev–Trinajstić information content (AvgIpc) is 2.94. The molecule has 0 unspecified atom stereocenters. The Labute approximate surface area is 148 Å². The van der Waals surface area contributed by atoms with Crippen molar-refractivity contribution < 1.29 is 0 Å². The summed E-state index contributed by atoms with van der Waals surface area (Å²) in [5.41, 5.74) is 5.26. The molecule has 1 N–H and O–H groups in total. The maximum atomic E-state index is 6.01. The molecule has 1 fully saturated rings. The molecule has 126 valence electrons. The summed E-state index contributed by atoms with van der Waals surface area (Å²) in [7, 11) is 0. The van der Waals surface area contributed by atoms with E-state index in [9.17, 15) is 0 Å². The molecule has 4 heteroatoms. The largest absolute Gasteiger partial charge is 0.355 e. The van der Waals surface area contributed by atoms with Crippen molar-refractivity contribution in [1.29, 1.82) is 0 Å². The summed E-state index contributed by atoms with van der Waals surface area (Å²) in [5.74, 6) is 1.20. The number of halogens is 1. The number of aromatic amines is 1. The van der Waals surface area contributed by atoms with Crippen molar-refractivity contribution in [2.75, 3.05) is 18.0 Å². The van der Waals surface area contributed by atoms with E-state index < -0.39 is 0 Å². The van der Waals surface area contributed by atoms with Gasteiger partial charge in [0.05, 0.1) is 5.69 Å². The molecule has 0 bridgehead atoms. The molecular weight excluding hydrogens is 318 g/mol. The number of H-pyrrole nitrogens is 1. The SMILES string of the molecule is Clc1ccc(C=C2CCCCc3c(N4CCCCC4)n[nH]c32)cc1. The number of nitrogens with one attached hydrogen (secondary N) is 1. The molecule has 2 aromatic rings. The van der Waals surface area contributed by atoms with Crippen molar-refractivity contribution in [3.05, 3.63) is 46.1 Å². The molecule has 2 heterocycles. The number of anilines is 1. The highest BCUT2D eigenvalue weighted by Gasteiger charge is 2.23. The zero-order chi connectivity index (χ0) is 16.4. The highest BCUT2D eigenvalue weighted by Crippen LogP contribution is 2.35. The van der Waals surface area contributed by atoms with Crippen LogP contribution in [0.2, 0.25) is 5.02 Å². The van der Waals surface area contributed by atoms with E-state index in [1.54, 1.807) is 0 Å². The Morgan fingerprint density at radius 2 is 1.71 bits per heavy atom. The van der Waals surface area contributed by atoms with E-state index in [0.717, 1.165) is 31.0 Å². The molecule has 0 saturated carbocycles. The minimum absolute atomic E-state index is 0.785. The van der Waals surface area contributed by atoms with Gasteiger partial charge in [0.15, 0.2) is 5.82 Å². The summed E-state index contributed by atoms with van der Waals surface area (Å²) in [6.45, 7) is 2.29. The number of rotatable bonds is 2. The van der Waals surface area contributed by atoms with E-state index in [0.29, 0.717) is 0 Å². The lowest BCUT2D eigenvalue weighted by atomic mass is 10.0. The summed E-state index contributed by atoms with van der Waals surface area (Å²) in [4.78, 5) is 2.48. The van der Waals surface area contributed by atoms with Crippen molar-refractivity contribution in [1.82, 2.24) is 10.2 Å². The zero-order valence-electron chi connectivity index (χ0n) is 14.0. The van der Waals surface area contributed by atoms with E-state index in [1.165, 1.54) is 60.3 Å². The van der Waals surface area contributed by atoms with E-state index in [-0.39, 0.29) is 0 Å². The first kappa shape index (κ1) is 15.8. The highest BCUT2D eigenvalue weighted by molar-refractivity contribution is 6.30. The van der Waals surface area contributed by atoms with Crippen LogP contribution < -0.4 is 4.90 Å². The normalized spacial score (nSPS) is 20.0. The Hall–Kier alpha value is -1.74. The van der Waals surface area contributed by atoms with Crippen LogP contribution in [-0.4, -0.2) is 23.3 Å². The highest BCUT2D eigenvalue weighted by atomic mass is 35.5. The number of piperidine rings is 1. The van der Waals surface area contributed by atoms with Crippen molar-refractivity contribution >= 4 is 29.1 Å². The summed E-state index contributed by atoms with van der Waals surface area (Å²) < 4.78 is 0. The Kier molecular flexibility index (Phi) is 4.61. The summed E-state index contributed by atoms with van der Waals surface area (Å²) in [6, 6.07) is 8.08. The van der Waals surface area contributed by atoms with Gasteiger partial charge in [-0.05, 0) is 74.3 Å². The molecule has 4 rings (SSSR count). The predicted octanol–water partition coefficient (Wildman–Crippen LogP) is 5.32. The van der Waals surface area contributed by atoms with Gasteiger partial charge in [-0.1, -0.05) is 23.7 Å². The van der Waals surface area contributed by atoms with Crippen molar-refractivity contribution in [2.24, 2.45) is 0 Å². The number of hydrogen-bond acceptors (Lipinski definition) is 2. The fraction of sp³-hybridized carbons (Fsp3) is 0.450. The number of aromatic nitrogens is 2. The van der Waals surface area contributed by atoms with Gasteiger partial charge in [0.2, 0.25) is 0 Å². The molecule has 0 amide bonds. The van der Waals surface area contributed by atoms with Crippen LogP contribution in [0.25, 0.3) is 11.6 Å². The fourth-order valence-electron chi connectivity index (χ4n) is 3.87. The average molecular weight is 342 g/mol. The minimum Gasteiger partial charge on any atom is -0.355 e. The van der Waals surface area contributed by atoms with Gasteiger partial charge in [-0.3, -0.25) is 5.10 Å². The monoisotopic (exact) mass is 341 g/mol. The number of hydrogen-bond donors (Lipinski definition) is 1. The van der Waals surface area contributed by atoms with Gasteiger partial charge in [0.25, 0.3) is 0 Å². The molecule has 1 aliphatic heterocycles. The molecule has 3 nitrogen and oxygen atoms in total. The van der Waals surface area contributed by atoms with Crippen molar-refractivity contribution in [2.45, 2.75) is 44.9 Å². The second kappa shape index (κ2) is 7.02. The molecule has 1 aromatic carbocycles. The second-order valence-electron chi connectivity index (χ2n) is 6.88. The third kappa shape index (κ3) is 3.23. The predicted molar refractivity (Wildman–Crippen MR) is 102 cm³/mol. The van der Waals surface area contributed by atoms with E-state index in [2.05, 4.69) is 28.2 Å². The molecule has 0 atom stereocenters. The van der Waals surface area contributed by atoms with Crippen LogP contribution in [0.15, 0.2) is 24.3 Å². The van der Waals surface area contributed by atoms with Gasteiger partial charge in [-0.25, -0.2) is 0 Å². The third-order valence-corrected chi connectivity index (χ3v) is 5.41. The summed E-state index contributed by atoms with van der Waals surface area (Å²) in [5, 5.41) is 8.85. The van der Waals surface area contributed by atoms with Crippen LogP contribution in [0.1, 0.15) is 55.3 Å². The van der Waals surface area contributed by atoms with Gasteiger partial charge < -0.3 is 4.90 Å². The molecular formula is C20H24ClN3. The molecule has 1 aromatic heterocycles. The van der Waals surface area contributed by atoms with Crippen molar-refractivity contribution in [3.8, 4) is 0 Å². The topological polar surface area (TPSA) is 31.9 Å². The lowest BCUT2D eigenvalue weighted by Gasteiger charge is -2.27. The summed E-state index contributed by atoms with van der Waals surface area (Å²) in [6.07, 6.45) is 10.9. The lowest BCUT2D eigenvalue weighted by molar-refractivity contribution is 0.571. The minimum atomic E-state index is 0.785. The Bertz CT molecular complexity index is 724. The molecule has 24 heavy (non-hydrogen) atoms. The first-order valence-corrected chi connectivity index (χ1v) is 9.48. The second-order valence-corrected chi connectivity index (χ2v) is 7.31. The quantitative estimate of drug-likeness (QED) is 0.749. The fourth-order valence-corrected chi connectivity index (χ4v) is 4.00. The molecule has 2 aliphatic rings. The standard InChI is InChI=1S/C20H24ClN3/c21-17-10-8-15(9-11-17)14-16-6-2-3-7-18-19(16)22-23-20(18)24-12-4-1-5-13-24/h8-11,14H,1-7,12-13H2,(H,22,23). The third-order valence-electron chi connectivity index (χ3n) is 5.16. The molecule has 0 radical (unpaired) electrons. The smallest absolute Gasteiger partial charge is 0.154 e. The van der Waals surface area contributed by atoms with E-state index in [4.69, 9.17) is 16.7 Å². The molecule has 0 spiro atoms. The van der Waals surface area contributed by atoms with Crippen LogP contribution in [0, 0.1) is 0 Å². The lowest BCUT2D eigenvalue weighted by Crippen LogP contribution is -2.30. The van der Waals surface area contributed by atoms with Crippen LogP contribution >= 0.6 is 11.6 Å². The summed E-state index contributed by atoms with van der Waals surface area (Å²) >= 11 is 6.01.